The first-order chi connectivity index (χ1) is 8.98. The minimum atomic E-state index is -1.36. The molecule has 19 heavy (non-hydrogen) atoms. The highest BCUT2D eigenvalue weighted by atomic mass is 16.3. The summed E-state index contributed by atoms with van der Waals surface area (Å²) >= 11 is 0. The molecule has 7 heteroatoms. The van der Waals surface area contributed by atoms with Crippen LogP contribution in [0.2, 0.25) is 0 Å². The Bertz CT molecular complexity index is 446. The van der Waals surface area contributed by atoms with Gasteiger partial charge in [0.05, 0.1) is 19.8 Å². The average molecular weight is 271 g/mol. The molecule has 0 aromatic carbocycles. The molecule has 1 heterocycles. The Kier molecular flexibility index (Phi) is 5.46. The van der Waals surface area contributed by atoms with Gasteiger partial charge >= 0.3 is 0 Å². The molecule has 1 aromatic heterocycles. The number of aliphatic hydroxyl groups excluding tert-OH is 3. The van der Waals surface area contributed by atoms with Crippen LogP contribution >= 0.6 is 0 Å². The maximum absolute atomic E-state index is 12.1. The molecule has 1 aromatic rings. The maximum Gasteiger partial charge on any atom is 0.293 e. The van der Waals surface area contributed by atoms with Gasteiger partial charge in [0.2, 0.25) is 0 Å². The second kappa shape index (κ2) is 6.65. The van der Waals surface area contributed by atoms with E-state index in [1.807, 2.05) is 13.8 Å². The number of aromatic nitrogens is 2. The Labute approximate surface area is 111 Å². The lowest BCUT2D eigenvalue weighted by Gasteiger charge is -2.29. The highest BCUT2D eigenvalue weighted by molar-refractivity contribution is 5.35. The van der Waals surface area contributed by atoms with E-state index < -0.39 is 25.4 Å². The van der Waals surface area contributed by atoms with E-state index in [0.29, 0.717) is 12.5 Å². The summed E-state index contributed by atoms with van der Waals surface area (Å²) in [6.45, 7) is 2.97. The number of nitrogens with one attached hydrogen (secondary N) is 1. The summed E-state index contributed by atoms with van der Waals surface area (Å²) in [5.41, 5.74) is -1.71. The molecule has 0 aliphatic rings. The van der Waals surface area contributed by atoms with Gasteiger partial charge in [0, 0.05) is 18.9 Å². The van der Waals surface area contributed by atoms with Crippen LogP contribution in [0.3, 0.4) is 0 Å². The lowest BCUT2D eigenvalue weighted by molar-refractivity contribution is 0.0829. The molecule has 0 atom stereocenters. The second-order valence-corrected chi connectivity index (χ2v) is 5.01. The predicted molar refractivity (Wildman–Crippen MR) is 70.9 cm³/mol. The Balaban J connectivity index is 3.05. The van der Waals surface area contributed by atoms with Crippen molar-refractivity contribution in [3.8, 4) is 0 Å². The summed E-state index contributed by atoms with van der Waals surface area (Å²) in [6.07, 6.45) is 3.04. The van der Waals surface area contributed by atoms with E-state index in [4.69, 9.17) is 0 Å². The molecule has 0 saturated heterocycles. The molecular weight excluding hydrogens is 250 g/mol. The fraction of sp³-hybridized carbons (Fsp3) is 0.667. The number of nitrogens with zero attached hydrogens (tertiary/aromatic N) is 2. The van der Waals surface area contributed by atoms with Crippen molar-refractivity contribution in [3.05, 3.63) is 22.7 Å². The number of aliphatic hydroxyl groups is 3. The molecule has 0 amide bonds. The molecule has 4 N–H and O–H groups in total. The molecular formula is C12H21N3O4. The molecule has 0 fully saturated rings. The van der Waals surface area contributed by atoms with Gasteiger partial charge in [0.1, 0.15) is 5.54 Å². The van der Waals surface area contributed by atoms with E-state index in [9.17, 15) is 20.1 Å². The quantitative estimate of drug-likeness (QED) is 0.508. The average Bonchev–Trinajstić information content (AvgIpc) is 2.40. The van der Waals surface area contributed by atoms with Crippen molar-refractivity contribution in [2.24, 2.45) is 5.92 Å². The predicted octanol–water partition coefficient (Wildman–Crippen LogP) is -0.973. The summed E-state index contributed by atoms with van der Waals surface area (Å²) in [7, 11) is 0. The molecule has 0 bridgehead atoms. The first kappa shape index (κ1) is 15.6. The molecule has 0 saturated carbocycles. The van der Waals surface area contributed by atoms with Crippen molar-refractivity contribution in [2.75, 3.05) is 25.1 Å². The number of rotatable bonds is 7. The van der Waals surface area contributed by atoms with E-state index in [-0.39, 0.29) is 11.4 Å². The van der Waals surface area contributed by atoms with Gasteiger partial charge in [-0.3, -0.25) is 4.79 Å². The Hall–Kier alpha value is -1.44. The van der Waals surface area contributed by atoms with Gasteiger partial charge in [-0.15, -0.1) is 0 Å². The summed E-state index contributed by atoms with van der Waals surface area (Å²) in [6, 6.07) is 0. The van der Waals surface area contributed by atoms with Gasteiger partial charge in [0.15, 0.2) is 5.82 Å². The van der Waals surface area contributed by atoms with Crippen molar-refractivity contribution in [1.29, 1.82) is 0 Å². The summed E-state index contributed by atoms with van der Waals surface area (Å²) < 4.78 is 1.50. The Morgan fingerprint density at radius 2 is 1.89 bits per heavy atom. The number of anilines is 1. The highest BCUT2D eigenvalue weighted by Crippen LogP contribution is 2.09. The van der Waals surface area contributed by atoms with E-state index in [2.05, 4.69) is 10.3 Å². The monoisotopic (exact) mass is 271 g/mol. The van der Waals surface area contributed by atoms with Crippen molar-refractivity contribution < 1.29 is 15.3 Å². The van der Waals surface area contributed by atoms with Crippen molar-refractivity contribution in [1.82, 2.24) is 9.55 Å². The van der Waals surface area contributed by atoms with E-state index in [1.165, 1.54) is 10.8 Å². The highest BCUT2D eigenvalue weighted by Gasteiger charge is 2.29. The molecule has 1 rings (SSSR count). The Morgan fingerprint density at radius 1 is 1.32 bits per heavy atom. The first-order valence-electron chi connectivity index (χ1n) is 6.14. The minimum Gasteiger partial charge on any atom is -0.394 e. The van der Waals surface area contributed by atoms with E-state index >= 15 is 0 Å². The smallest absolute Gasteiger partial charge is 0.293 e. The topological polar surface area (TPSA) is 108 Å². The molecule has 0 radical (unpaired) electrons. The van der Waals surface area contributed by atoms with Crippen molar-refractivity contribution in [2.45, 2.75) is 25.9 Å². The normalized spacial score (nSPS) is 11.9. The van der Waals surface area contributed by atoms with E-state index in [0.717, 1.165) is 0 Å². The zero-order valence-corrected chi connectivity index (χ0v) is 11.2. The lowest BCUT2D eigenvalue weighted by Crippen LogP contribution is -2.50. The third-order valence-electron chi connectivity index (χ3n) is 2.77. The standard InChI is InChI=1S/C12H21N3O4/c1-9(2)5-15-4-3-13-10(11(15)19)14-12(6-16,7-17)8-18/h3-4,9,16-18H,5-8H2,1-2H3,(H,13,14). The molecule has 108 valence electrons. The van der Waals surface area contributed by atoms with Gasteiger partial charge in [-0.2, -0.15) is 0 Å². The molecule has 0 unspecified atom stereocenters. The molecule has 0 aliphatic heterocycles. The number of hydrogen-bond acceptors (Lipinski definition) is 6. The fourth-order valence-electron chi connectivity index (χ4n) is 1.59. The fourth-order valence-corrected chi connectivity index (χ4v) is 1.59. The maximum atomic E-state index is 12.1. The second-order valence-electron chi connectivity index (χ2n) is 5.01. The van der Waals surface area contributed by atoms with Crippen molar-refractivity contribution >= 4 is 5.82 Å². The summed E-state index contributed by atoms with van der Waals surface area (Å²) in [4.78, 5) is 16.0. The van der Waals surface area contributed by atoms with Crippen LogP contribution in [0.4, 0.5) is 5.82 Å². The van der Waals surface area contributed by atoms with E-state index in [1.54, 1.807) is 6.20 Å². The third-order valence-corrected chi connectivity index (χ3v) is 2.77. The lowest BCUT2D eigenvalue weighted by atomic mass is 10.0. The largest absolute Gasteiger partial charge is 0.394 e. The van der Waals surface area contributed by atoms with Crippen LogP contribution in [0.15, 0.2) is 17.2 Å². The third kappa shape index (κ3) is 3.76. The van der Waals surface area contributed by atoms with Crippen LogP contribution in [0.1, 0.15) is 13.8 Å². The summed E-state index contributed by atoms with van der Waals surface area (Å²) in [5.74, 6) is 0.298. The van der Waals surface area contributed by atoms with Crippen LogP contribution in [0.25, 0.3) is 0 Å². The minimum absolute atomic E-state index is 0.000278. The van der Waals surface area contributed by atoms with Gasteiger partial charge in [-0.1, -0.05) is 13.8 Å². The molecule has 0 aliphatic carbocycles. The van der Waals surface area contributed by atoms with Crippen LogP contribution in [0, 0.1) is 5.92 Å². The molecule has 7 nitrogen and oxygen atoms in total. The SMILES string of the molecule is CC(C)Cn1ccnc(NC(CO)(CO)CO)c1=O. The molecule has 0 spiro atoms. The van der Waals surface area contributed by atoms with Gasteiger partial charge in [0.25, 0.3) is 5.56 Å². The van der Waals surface area contributed by atoms with Crippen LogP contribution in [0.5, 0.6) is 0 Å². The first-order valence-corrected chi connectivity index (χ1v) is 6.14. The van der Waals surface area contributed by atoms with Crippen LogP contribution in [-0.4, -0.2) is 50.2 Å². The van der Waals surface area contributed by atoms with Crippen molar-refractivity contribution in [3.63, 3.8) is 0 Å². The van der Waals surface area contributed by atoms with Gasteiger partial charge in [-0.25, -0.2) is 4.98 Å². The summed E-state index contributed by atoms with van der Waals surface area (Å²) in [5, 5.41) is 30.3. The zero-order valence-electron chi connectivity index (χ0n) is 11.2. The zero-order chi connectivity index (χ0) is 14.5. The van der Waals surface area contributed by atoms with Crippen LogP contribution < -0.4 is 10.9 Å². The van der Waals surface area contributed by atoms with Crippen LogP contribution in [-0.2, 0) is 6.54 Å². The van der Waals surface area contributed by atoms with Gasteiger partial charge < -0.3 is 25.2 Å². The number of hydrogen-bond donors (Lipinski definition) is 4. The Morgan fingerprint density at radius 3 is 2.37 bits per heavy atom. The van der Waals surface area contributed by atoms with Gasteiger partial charge in [-0.05, 0) is 5.92 Å².